The number of rotatable bonds is 8. The lowest BCUT2D eigenvalue weighted by Crippen LogP contribution is -2.07. The zero-order valence-corrected chi connectivity index (χ0v) is 10.4. The van der Waals surface area contributed by atoms with Crippen LogP contribution in [-0.4, -0.2) is 30.6 Å². The van der Waals surface area contributed by atoms with E-state index >= 15 is 0 Å². The molecule has 0 radical (unpaired) electrons. The predicted octanol–water partition coefficient (Wildman–Crippen LogP) is 2.48. The third-order valence-electron chi connectivity index (χ3n) is 2.19. The van der Waals surface area contributed by atoms with Gasteiger partial charge in [-0.05, 0) is 18.6 Å². The van der Waals surface area contributed by atoms with E-state index in [9.17, 15) is 4.79 Å². The van der Waals surface area contributed by atoms with Crippen LogP contribution in [0.5, 0.6) is 5.75 Å². The molecule has 94 valence electrons. The molecule has 4 heteroatoms. The first kappa shape index (κ1) is 13.6. The van der Waals surface area contributed by atoms with Crippen molar-refractivity contribution in [3.05, 3.63) is 24.0 Å². The summed E-state index contributed by atoms with van der Waals surface area (Å²) in [7, 11) is 0. The molecule has 0 aliphatic rings. The molecule has 0 unspecified atom stereocenters. The fourth-order valence-electron chi connectivity index (χ4n) is 1.28. The summed E-state index contributed by atoms with van der Waals surface area (Å²) < 4.78 is 10.7. The molecule has 0 saturated carbocycles. The van der Waals surface area contributed by atoms with E-state index in [1.165, 1.54) is 0 Å². The number of pyridine rings is 1. The number of Topliss-reactive ketones (excluding diaryl/α,β-unsaturated/α-hetero) is 1. The second-order valence-corrected chi connectivity index (χ2v) is 3.62. The van der Waals surface area contributed by atoms with Crippen molar-refractivity contribution in [2.45, 2.75) is 26.7 Å². The van der Waals surface area contributed by atoms with Crippen molar-refractivity contribution < 1.29 is 14.3 Å². The van der Waals surface area contributed by atoms with E-state index in [2.05, 4.69) is 11.9 Å². The summed E-state index contributed by atoms with van der Waals surface area (Å²) in [6.07, 6.45) is 3.05. The molecule has 17 heavy (non-hydrogen) atoms. The third kappa shape index (κ3) is 4.95. The molecule has 0 saturated heterocycles. The molecular formula is C13H19NO3. The molecule has 0 bridgehead atoms. The maximum absolute atomic E-state index is 11.3. The summed E-state index contributed by atoms with van der Waals surface area (Å²) >= 11 is 0. The summed E-state index contributed by atoms with van der Waals surface area (Å²) in [6.45, 7) is 5.71. The van der Waals surface area contributed by atoms with Gasteiger partial charge in [0.25, 0.3) is 0 Å². The number of ketones is 1. The SMILES string of the molecule is CCCOCCOc1ccc(C(=O)CC)nc1. The first-order chi connectivity index (χ1) is 8.27. The van der Waals surface area contributed by atoms with E-state index in [-0.39, 0.29) is 5.78 Å². The van der Waals surface area contributed by atoms with Gasteiger partial charge in [0.15, 0.2) is 5.78 Å². The van der Waals surface area contributed by atoms with Crippen molar-refractivity contribution in [3.63, 3.8) is 0 Å². The highest BCUT2D eigenvalue weighted by atomic mass is 16.5. The van der Waals surface area contributed by atoms with Crippen LogP contribution in [0.4, 0.5) is 0 Å². The molecule has 0 aliphatic carbocycles. The fourth-order valence-corrected chi connectivity index (χ4v) is 1.28. The van der Waals surface area contributed by atoms with Gasteiger partial charge >= 0.3 is 0 Å². The van der Waals surface area contributed by atoms with Gasteiger partial charge in [-0.2, -0.15) is 0 Å². The van der Waals surface area contributed by atoms with E-state index in [0.717, 1.165) is 13.0 Å². The summed E-state index contributed by atoms with van der Waals surface area (Å²) in [6, 6.07) is 3.45. The minimum Gasteiger partial charge on any atom is -0.490 e. The van der Waals surface area contributed by atoms with Crippen molar-refractivity contribution in [2.24, 2.45) is 0 Å². The molecule has 0 spiro atoms. The van der Waals surface area contributed by atoms with E-state index in [0.29, 0.717) is 31.1 Å². The van der Waals surface area contributed by atoms with Gasteiger partial charge in [0.2, 0.25) is 0 Å². The first-order valence-corrected chi connectivity index (χ1v) is 5.97. The second-order valence-electron chi connectivity index (χ2n) is 3.62. The smallest absolute Gasteiger partial charge is 0.180 e. The maximum atomic E-state index is 11.3. The van der Waals surface area contributed by atoms with Gasteiger partial charge in [-0.15, -0.1) is 0 Å². The van der Waals surface area contributed by atoms with Crippen LogP contribution in [0, 0.1) is 0 Å². The maximum Gasteiger partial charge on any atom is 0.180 e. The van der Waals surface area contributed by atoms with Gasteiger partial charge in [0.05, 0.1) is 12.8 Å². The molecule has 1 aromatic rings. The Morgan fingerprint density at radius 3 is 2.65 bits per heavy atom. The molecule has 0 fully saturated rings. The lowest BCUT2D eigenvalue weighted by molar-refractivity contribution is 0.0979. The lowest BCUT2D eigenvalue weighted by Gasteiger charge is -2.06. The van der Waals surface area contributed by atoms with Crippen LogP contribution < -0.4 is 4.74 Å². The number of hydrogen-bond acceptors (Lipinski definition) is 4. The summed E-state index contributed by atoms with van der Waals surface area (Å²) in [5.74, 6) is 0.709. The molecule has 0 atom stereocenters. The Bertz CT molecular complexity index is 335. The summed E-state index contributed by atoms with van der Waals surface area (Å²) in [5, 5.41) is 0. The molecule has 1 rings (SSSR count). The van der Waals surface area contributed by atoms with E-state index in [4.69, 9.17) is 9.47 Å². The van der Waals surface area contributed by atoms with Crippen LogP contribution in [0.15, 0.2) is 18.3 Å². The van der Waals surface area contributed by atoms with E-state index < -0.39 is 0 Å². The van der Waals surface area contributed by atoms with Crippen molar-refractivity contribution in [3.8, 4) is 5.75 Å². The van der Waals surface area contributed by atoms with Crippen LogP contribution in [0.25, 0.3) is 0 Å². The van der Waals surface area contributed by atoms with Crippen molar-refractivity contribution in [1.29, 1.82) is 0 Å². The number of hydrogen-bond donors (Lipinski definition) is 0. The Balaban J connectivity index is 2.33. The molecule has 0 aromatic carbocycles. The summed E-state index contributed by atoms with van der Waals surface area (Å²) in [4.78, 5) is 15.4. The zero-order chi connectivity index (χ0) is 12.5. The second kappa shape index (κ2) is 7.79. The highest BCUT2D eigenvalue weighted by molar-refractivity contribution is 5.93. The Kier molecular flexibility index (Phi) is 6.25. The number of carbonyl (C=O) groups excluding carboxylic acids is 1. The van der Waals surface area contributed by atoms with Crippen LogP contribution >= 0.6 is 0 Å². The molecule has 0 N–H and O–H groups in total. The average molecular weight is 237 g/mol. The predicted molar refractivity (Wildman–Crippen MR) is 65.5 cm³/mol. The Hall–Kier alpha value is -1.42. The van der Waals surface area contributed by atoms with Gasteiger partial charge in [-0.3, -0.25) is 4.79 Å². The standard InChI is InChI=1S/C13H19NO3/c1-3-7-16-8-9-17-11-5-6-12(14-10-11)13(15)4-2/h5-6,10H,3-4,7-9H2,1-2H3. The fraction of sp³-hybridized carbons (Fsp3) is 0.538. The molecule has 4 nitrogen and oxygen atoms in total. The number of nitrogens with zero attached hydrogens (tertiary/aromatic N) is 1. The van der Waals surface area contributed by atoms with Gasteiger partial charge in [-0.1, -0.05) is 13.8 Å². The lowest BCUT2D eigenvalue weighted by atomic mass is 10.2. The zero-order valence-electron chi connectivity index (χ0n) is 10.4. The molecule has 0 amide bonds. The van der Waals surface area contributed by atoms with Crippen molar-refractivity contribution in [2.75, 3.05) is 19.8 Å². The minimum atomic E-state index is 0.0443. The molecule has 1 aromatic heterocycles. The van der Waals surface area contributed by atoms with Crippen LogP contribution in [0.3, 0.4) is 0 Å². The molecule has 0 aliphatic heterocycles. The van der Waals surface area contributed by atoms with E-state index in [1.807, 2.05) is 6.92 Å². The third-order valence-corrected chi connectivity index (χ3v) is 2.19. The minimum absolute atomic E-state index is 0.0443. The van der Waals surface area contributed by atoms with Crippen LogP contribution in [0.1, 0.15) is 37.2 Å². The highest BCUT2D eigenvalue weighted by Gasteiger charge is 2.04. The molecule has 1 heterocycles. The topological polar surface area (TPSA) is 48.4 Å². The highest BCUT2D eigenvalue weighted by Crippen LogP contribution is 2.10. The van der Waals surface area contributed by atoms with E-state index in [1.54, 1.807) is 18.3 Å². The van der Waals surface area contributed by atoms with Gasteiger partial charge < -0.3 is 9.47 Å². The number of aromatic nitrogens is 1. The van der Waals surface area contributed by atoms with Gasteiger partial charge in [0, 0.05) is 13.0 Å². The normalized spacial score (nSPS) is 10.2. The Morgan fingerprint density at radius 2 is 2.06 bits per heavy atom. The average Bonchev–Trinajstić information content (AvgIpc) is 2.38. The first-order valence-electron chi connectivity index (χ1n) is 5.97. The number of ether oxygens (including phenoxy) is 2. The monoisotopic (exact) mass is 237 g/mol. The van der Waals surface area contributed by atoms with Crippen molar-refractivity contribution >= 4 is 5.78 Å². The summed E-state index contributed by atoms with van der Waals surface area (Å²) in [5.41, 5.74) is 0.488. The Morgan fingerprint density at radius 1 is 1.24 bits per heavy atom. The van der Waals surface area contributed by atoms with Gasteiger partial charge in [-0.25, -0.2) is 4.98 Å². The quantitative estimate of drug-likeness (QED) is 0.515. The molecular weight excluding hydrogens is 218 g/mol. The van der Waals surface area contributed by atoms with Crippen LogP contribution in [0.2, 0.25) is 0 Å². The van der Waals surface area contributed by atoms with Crippen LogP contribution in [-0.2, 0) is 4.74 Å². The van der Waals surface area contributed by atoms with Crippen molar-refractivity contribution in [1.82, 2.24) is 4.98 Å². The number of carbonyl (C=O) groups is 1. The van der Waals surface area contributed by atoms with Gasteiger partial charge in [0.1, 0.15) is 18.1 Å². The Labute approximate surface area is 102 Å². The largest absolute Gasteiger partial charge is 0.490 e.